The van der Waals surface area contributed by atoms with E-state index in [2.05, 4.69) is 81.9 Å². The zero-order valence-corrected chi connectivity index (χ0v) is 21.3. The van der Waals surface area contributed by atoms with Crippen LogP contribution in [0.1, 0.15) is 40.6 Å². The molecule has 1 aromatic heterocycles. The van der Waals surface area contributed by atoms with Crippen molar-refractivity contribution in [2.45, 2.75) is 41.0 Å². The zero-order valence-electron chi connectivity index (χ0n) is 18.9. The number of thioether (sulfide) groups is 1. The Balaban J connectivity index is 1.66. The summed E-state index contributed by atoms with van der Waals surface area (Å²) in [6.45, 7) is 10.5. The van der Waals surface area contributed by atoms with E-state index < -0.39 is 0 Å². The average Bonchev–Trinajstić information content (AvgIpc) is 3.24. The van der Waals surface area contributed by atoms with Gasteiger partial charge in [-0.25, -0.2) is 4.99 Å². The minimum atomic E-state index is -0.113. The predicted octanol–water partition coefficient (Wildman–Crippen LogP) is 6.93. The number of aryl methyl sites for hydroxylation is 4. The van der Waals surface area contributed by atoms with Gasteiger partial charge in [-0.1, -0.05) is 41.1 Å². The molecule has 32 heavy (non-hydrogen) atoms. The van der Waals surface area contributed by atoms with Crippen molar-refractivity contribution in [2.24, 2.45) is 4.99 Å². The molecule has 1 aliphatic rings. The first-order chi connectivity index (χ1) is 15.3. The highest BCUT2D eigenvalue weighted by atomic mass is 79.9. The van der Waals surface area contributed by atoms with Crippen LogP contribution in [0.3, 0.4) is 0 Å². The van der Waals surface area contributed by atoms with E-state index in [1.807, 2.05) is 32.1 Å². The van der Waals surface area contributed by atoms with Crippen LogP contribution >= 0.6 is 27.7 Å². The van der Waals surface area contributed by atoms with Crippen molar-refractivity contribution in [3.63, 3.8) is 0 Å². The van der Waals surface area contributed by atoms with Crippen molar-refractivity contribution in [2.75, 3.05) is 0 Å². The largest absolute Gasteiger partial charge is 0.318 e. The molecule has 6 heteroatoms. The van der Waals surface area contributed by atoms with Crippen LogP contribution in [-0.4, -0.2) is 15.6 Å². The van der Waals surface area contributed by atoms with Gasteiger partial charge in [-0.2, -0.15) is 0 Å². The zero-order chi connectivity index (χ0) is 23.0. The molecule has 2 heterocycles. The quantitative estimate of drug-likeness (QED) is 0.389. The van der Waals surface area contributed by atoms with E-state index in [9.17, 15) is 4.79 Å². The molecular weight excluding hydrogens is 482 g/mol. The molecule has 1 saturated heterocycles. The Hall–Kier alpha value is -2.57. The van der Waals surface area contributed by atoms with Crippen molar-refractivity contribution in [3.05, 3.63) is 85.5 Å². The van der Waals surface area contributed by atoms with E-state index in [1.165, 1.54) is 23.0 Å². The molecular formula is C26H26BrN3OS. The summed E-state index contributed by atoms with van der Waals surface area (Å²) in [6, 6.07) is 14.6. The molecule has 0 spiro atoms. The van der Waals surface area contributed by atoms with Gasteiger partial charge in [-0.15, -0.1) is 0 Å². The van der Waals surface area contributed by atoms with Gasteiger partial charge in [-0.05, 0) is 98.5 Å². The number of hydrogen-bond donors (Lipinski definition) is 1. The summed E-state index contributed by atoms with van der Waals surface area (Å²) in [5.74, 6) is -0.113. The van der Waals surface area contributed by atoms with Gasteiger partial charge in [0, 0.05) is 21.5 Å². The standard InChI is InChI=1S/C26H26BrN3OS/c1-6-19-9-7-8-10-22(19)30-17(4)13-20(18(30)5)14-23-25(31)29-26(32-23)28-21-11-15(2)24(27)16(3)12-21/h7-14H,6H2,1-5H3,(H,28,29,31)/b23-14-. The highest BCUT2D eigenvalue weighted by molar-refractivity contribution is 9.10. The number of nitrogens with zero attached hydrogens (tertiary/aromatic N) is 2. The van der Waals surface area contributed by atoms with Crippen molar-refractivity contribution < 1.29 is 4.79 Å². The van der Waals surface area contributed by atoms with Crippen LogP contribution in [0.15, 0.2) is 56.8 Å². The maximum atomic E-state index is 12.6. The second-order valence-corrected chi connectivity index (χ2v) is 9.84. The van der Waals surface area contributed by atoms with Gasteiger partial charge < -0.3 is 9.88 Å². The van der Waals surface area contributed by atoms with Gasteiger partial charge in [0.2, 0.25) is 0 Å². The molecule has 164 valence electrons. The number of halogens is 1. The van der Waals surface area contributed by atoms with Crippen molar-refractivity contribution in [1.29, 1.82) is 0 Å². The number of rotatable bonds is 4. The van der Waals surface area contributed by atoms with E-state index in [1.54, 1.807) is 0 Å². The van der Waals surface area contributed by atoms with Gasteiger partial charge in [-0.3, -0.25) is 4.79 Å². The molecule has 0 atom stereocenters. The number of amidine groups is 1. The van der Waals surface area contributed by atoms with E-state index in [4.69, 9.17) is 0 Å². The highest BCUT2D eigenvalue weighted by Gasteiger charge is 2.25. The second kappa shape index (κ2) is 9.12. The molecule has 2 aromatic carbocycles. The Bertz CT molecular complexity index is 1260. The predicted molar refractivity (Wildman–Crippen MR) is 139 cm³/mol. The monoisotopic (exact) mass is 507 g/mol. The molecule has 1 aliphatic heterocycles. The highest BCUT2D eigenvalue weighted by Crippen LogP contribution is 2.32. The molecule has 3 aromatic rings. The summed E-state index contributed by atoms with van der Waals surface area (Å²) in [5, 5.41) is 3.51. The van der Waals surface area contributed by atoms with Gasteiger partial charge in [0.25, 0.3) is 5.91 Å². The lowest BCUT2D eigenvalue weighted by Crippen LogP contribution is -2.19. The fourth-order valence-corrected chi connectivity index (χ4v) is 5.12. The number of nitrogens with one attached hydrogen (secondary N) is 1. The lowest BCUT2D eigenvalue weighted by Gasteiger charge is -2.14. The third kappa shape index (κ3) is 4.34. The van der Waals surface area contributed by atoms with E-state index in [0.717, 1.165) is 44.7 Å². The fraction of sp³-hybridized carbons (Fsp3) is 0.231. The van der Waals surface area contributed by atoms with Crippen LogP contribution in [-0.2, 0) is 11.2 Å². The van der Waals surface area contributed by atoms with Gasteiger partial charge in [0.15, 0.2) is 5.17 Å². The lowest BCUT2D eigenvalue weighted by molar-refractivity contribution is -0.115. The SMILES string of the molecule is CCc1ccccc1-n1c(C)cc(/C=C2\SC(=Nc3cc(C)c(Br)c(C)c3)NC2=O)c1C. The molecule has 0 saturated carbocycles. The third-order valence-corrected chi connectivity index (χ3v) is 7.83. The molecule has 1 amide bonds. The number of aliphatic imine (C=N–C) groups is 1. The normalized spacial score (nSPS) is 16.2. The van der Waals surface area contributed by atoms with Gasteiger partial charge in [0.05, 0.1) is 10.6 Å². The molecule has 0 unspecified atom stereocenters. The fourth-order valence-electron chi connectivity index (χ4n) is 4.06. The van der Waals surface area contributed by atoms with Crippen molar-refractivity contribution in [1.82, 2.24) is 9.88 Å². The van der Waals surface area contributed by atoms with Crippen molar-refractivity contribution in [3.8, 4) is 5.69 Å². The average molecular weight is 508 g/mol. The van der Waals surface area contributed by atoms with E-state index in [-0.39, 0.29) is 5.91 Å². The molecule has 0 radical (unpaired) electrons. The second-order valence-electron chi connectivity index (χ2n) is 8.02. The molecule has 1 N–H and O–H groups in total. The van der Waals surface area contributed by atoms with E-state index in [0.29, 0.717) is 10.1 Å². The van der Waals surface area contributed by atoms with Crippen LogP contribution in [0, 0.1) is 27.7 Å². The summed E-state index contributed by atoms with van der Waals surface area (Å²) in [7, 11) is 0. The molecule has 0 aliphatic carbocycles. The summed E-state index contributed by atoms with van der Waals surface area (Å²) >= 11 is 4.97. The van der Waals surface area contributed by atoms with Crippen LogP contribution in [0.5, 0.6) is 0 Å². The minimum Gasteiger partial charge on any atom is -0.318 e. The molecule has 4 nitrogen and oxygen atoms in total. The Labute approximate surface area is 202 Å². The van der Waals surface area contributed by atoms with Gasteiger partial charge >= 0.3 is 0 Å². The number of carbonyl (C=O) groups is 1. The van der Waals surface area contributed by atoms with Crippen LogP contribution in [0.2, 0.25) is 0 Å². The Kier molecular flexibility index (Phi) is 6.45. The van der Waals surface area contributed by atoms with E-state index >= 15 is 0 Å². The summed E-state index contributed by atoms with van der Waals surface area (Å²) in [4.78, 5) is 18.0. The van der Waals surface area contributed by atoms with Crippen LogP contribution in [0.25, 0.3) is 11.8 Å². The number of carbonyl (C=O) groups excluding carboxylic acids is 1. The number of amides is 1. The third-order valence-electron chi connectivity index (χ3n) is 5.67. The Morgan fingerprint density at radius 1 is 1.09 bits per heavy atom. The summed E-state index contributed by atoms with van der Waals surface area (Å²) in [5.41, 5.74) is 8.88. The number of hydrogen-bond acceptors (Lipinski definition) is 3. The Morgan fingerprint density at radius 2 is 1.78 bits per heavy atom. The number of para-hydroxylation sites is 1. The first kappa shape index (κ1) is 22.6. The number of aromatic nitrogens is 1. The summed E-state index contributed by atoms with van der Waals surface area (Å²) in [6.07, 6.45) is 2.94. The molecule has 0 bridgehead atoms. The lowest BCUT2D eigenvalue weighted by atomic mass is 10.1. The maximum absolute atomic E-state index is 12.6. The smallest absolute Gasteiger partial charge is 0.264 e. The van der Waals surface area contributed by atoms with Crippen molar-refractivity contribution >= 4 is 50.5 Å². The summed E-state index contributed by atoms with van der Waals surface area (Å²) < 4.78 is 3.36. The first-order valence-corrected chi connectivity index (χ1v) is 12.2. The van der Waals surface area contributed by atoms with Gasteiger partial charge in [0.1, 0.15) is 0 Å². The molecule has 4 rings (SSSR count). The topological polar surface area (TPSA) is 46.4 Å². The number of benzene rings is 2. The minimum absolute atomic E-state index is 0.113. The Morgan fingerprint density at radius 3 is 2.47 bits per heavy atom. The maximum Gasteiger partial charge on any atom is 0.264 e. The first-order valence-electron chi connectivity index (χ1n) is 10.6. The molecule has 1 fully saturated rings. The van der Waals surface area contributed by atoms with Crippen LogP contribution in [0.4, 0.5) is 5.69 Å². The van der Waals surface area contributed by atoms with Crippen LogP contribution < -0.4 is 5.32 Å².